The molecule has 1 saturated heterocycles. The van der Waals surface area contributed by atoms with Crippen LogP contribution in [0.2, 0.25) is 0 Å². The molecule has 9 nitrogen and oxygen atoms in total. The Morgan fingerprint density at radius 3 is 2.24 bits per heavy atom. The average Bonchev–Trinajstić information content (AvgIpc) is 3.23. The van der Waals surface area contributed by atoms with Crippen molar-refractivity contribution in [3.63, 3.8) is 0 Å². The number of ether oxygens (including phenoxy) is 2. The molecular formula is C29H40N6O3. The highest BCUT2D eigenvalue weighted by atomic mass is 16.6. The highest BCUT2D eigenvalue weighted by molar-refractivity contribution is 6.01. The van der Waals surface area contributed by atoms with Crippen molar-refractivity contribution in [2.24, 2.45) is 0 Å². The molecule has 1 aromatic carbocycles. The number of methoxy groups -OCH3 is 1. The summed E-state index contributed by atoms with van der Waals surface area (Å²) < 4.78 is 13.9. The van der Waals surface area contributed by atoms with Gasteiger partial charge in [0.15, 0.2) is 6.10 Å². The van der Waals surface area contributed by atoms with Crippen LogP contribution in [0, 0.1) is 20.8 Å². The van der Waals surface area contributed by atoms with E-state index in [2.05, 4.69) is 53.2 Å². The maximum atomic E-state index is 13.1. The van der Waals surface area contributed by atoms with Crippen LogP contribution in [0.25, 0.3) is 10.9 Å². The van der Waals surface area contributed by atoms with Gasteiger partial charge in [0.2, 0.25) is 5.95 Å². The lowest BCUT2D eigenvalue weighted by molar-refractivity contribution is -0.164. The quantitative estimate of drug-likeness (QED) is 0.461. The number of rotatable bonds is 5. The van der Waals surface area contributed by atoms with E-state index < -0.39 is 17.7 Å². The van der Waals surface area contributed by atoms with Crippen LogP contribution in [-0.4, -0.2) is 77.9 Å². The molecule has 2 aliphatic rings. The summed E-state index contributed by atoms with van der Waals surface area (Å²) in [4.78, 5) is 29.6. The van der Waals surface area contributed by atoms with E-state index in [4.69, 9.17) is 19.4 Å². The van der Waals surface area contributed by atoms with Crippen molar-refractivity contribution >= 4 is 34.2 Å². The van der Waals surface area contributed by atoms with Gasteiger partial charge in [-0.05, 0) is 65.8 Å². The van der Waals surface area contributed by atoms with Crippen LogP contribution in [-0.2, 0) is 20.8 Å². The molecule has 4 heterocycles. The zero-order valence-electron chi connectivity index (χ0n) is 24.0. The standard InChI is InChI=1S/C29H40N6O3/c1-18-15-22-19(2)23(26(27(36)37-8)38-29(4,5)6)20(3)24-25(22)34(18)13-14-35(24)28-30-16-21(17-31-28)33-11-9-32(7)10-12-33/h15-17,26H,9-14H2,1-8H3/t26-/m0/s1. The molecule has 5 rings (SSSR count). The predicted molar refractivity (Wildman–Crippen MR) is 150 cm³/mol. The van der Waals surface area contributed by atoms with Gasteiger partial charge in [0.1, 0.15) is 0 Å². The van der Waals surface area contributed by atoms with Gasteiger partial charge in [0.05, 0.1) is 42.0 Å². The van der Waals surface area contributed by atoms with E-state index in [-0.39, 0.29) is 0 Å². The second-order valence-electron chi connectivity index (χ2n) is 11.5. The van der Waals surface area contributed by atoms with Gasteiger partial charge in [0.25, 0.3) is 0 Å². The summed E-state index contributed by atoms with van der Waals surface area (Å²) in [5.74, 6) is 0.266. The van der Waals surface area contributed by atoms with Gasteiger partial charge in [-0.3, -0.25) is 0 Å². The fourth-order valence-corrected chi connectivity index (χ4v) is 5.84. The second-order valence-corrected chi connectivity index (χ2v) is 11.5. The molecule has 204 valence electrons. The third-order valence-electron chi connectivity index (χ3n) is 7.80. The molecule has 38 heavy (non-hydrogen) atoms. The van der Waals surface area contributed by atoms with E-state index in [0.29, 0.717) is 5.95 Å². The number of hydrogen-bond donors (Lipinski definition) is 0. The second kappa shape index (κ2) is 9.85. The number of hydrogen-bond acceptors (Lipinski definition) is 8. The van der Waals surface area contributed by atoms with Crippen LogP contribution in [0.4, 0.5) is 17.3 Å². The normalized spacial score (nSPS) is 17.3. The number of carbonyl (C=O) groups is 1. The Bertz CT molecular complexity index is 1350. The Kier molecular flexibility index (Phi) is 6.86. The van der Waals surface area contributed by atoms with Gasteiger partial charge < -0.3 is 28.7 Å². The fourth-order valence-electron chi connectivity index (χ4n) is 5.84. The van der Waals surface area contributed by atoms with E-state index in [1.165, 1.54) is 12.8 Å². The minimum absolute atomic E-state index is 0.399. The first-order valence-corrected chi connectivity index (χ1v) is 13.4. The molecule has 3 aromatic rings. The summed E-state index contributed by atoms with van der Waals surface area (Å²) in [6.45, 7) is 17.7. The maximum Gasteiger partial charge on any atom is 0.339 e. The van der Waals surface area contributed by atoms with Crippen molar-refractivity contribution in [1.82, 2.24) is 19.4 Å². The van der Waals surface area contributed by atoms with Crippen molar-refractivity contribution in [3.8, 4) is 0 Å². The summed E-state index contributed by atoms with van der Waals surface area (Å²) >= 11 is 0. The third-order valence-corrected chi connectivity index (χ3v) is 7.80. The average molecular weight is 521 g/mol. The van der Waals surface area contributed by atoms with Gasteiger partial charge in [0, 0.05) is 55.9 Å². The summed E-state index contributed by atoms with van der Waals surface area (Å²) in [6, 6.07) is 2.21. The van der Waals surface area contributed by atoms with Crippen LogP contribution >= 0.6 is 0 Å². The molecular weight excluding hydrogens is 480 g/mol. The molecule has 0 aliphatic carbocycles. The summed E-state index contributed by atoms with van der Waals surface area (Å²) in [6.07, 6.45) is 3.04. The fraction of sp³-hybridized carbons (Fsp3) is 0.552. The van der Waals surface area contributed by atoms with Crippen molar-refractivity contribution in [3.05, 3.63) is 40.8 Å². The van der Waals surface area contributed by atoms with Crippen LogP contribution in [0.1, 0.15) is 49.3 Å². The molecule has 1 atom stereocenters. The Labute approximate surface area is 225 Å². The molecule has 2 aliphatic heterocycles. The summed E-state index contributed by atoms with van der Waals surface area (Å²) in [7, 11) is 3.57. The third kappa shape index (κ3) is 4.62. The highest BCUT2D eigenvalue weighted by Crippen LogP contribution is 2.45. The summed E-state index contributed by atoms with van der Waals surface area (Å²) in [5.41, 5.74) is 6.77. The number of likely N-dealkylation sites (N-methyl/N-ethyl adjacent to an activating group) is 1. The lowest BCUT2D eigenvalue weighted by atomic mass is 9.91. The smallest absolute Gasteiger partial charge is 0.339 e. The first-order valence-electron chi connectivity index (χ1n) is 13.4. The number of aryl methyl sites for hydroxylation is 2. The zero-order chi connectivity index (χ0) is 27.4. The Hall–Kier alpha value is -3.17. The van der Waals surface area contributed by atoms with Gasteiger partial charge in [-0.15, -0.1) is 0 Å². The van der Waals surface area contributed by atoms with Crippen LogP contribution in [0.5, 0.6) is 0 Å². The molecule has 0 spiro atoms. The van der Waals surface area contributed by atoms with E-state index >= 15 is 0 Å². The van der Waals surface area contributed by atoms with E-state index in [1.807, 2.05) is 33.2 Å². The zero-order valence-corrected chi connectivity index (χ0v) is 24.0. The largest absolute Gasteiger partial charge is 0.467 e. The number of esters is 1. The SMILES string of the molecule is COC(=O)[C@@H](OC(C)(C)C)c1c(C)c2c3c(cc(C)n3CCN2c2ncc(N3CCN(C)CC3)cn2)c1C. The van der Waals surface area contributed by atoms with E-state index in [9.17, 15) is 4.79 Å². The first-order chi connectivity index (χ1) is 18.0. The molecule has 0 N–H and O–H groups in total. The Morgan fingerprint density at radius 2 is 1.63 bits per heavy atom. The Balaban J connectivity index is 1.63. The molecule has 0 amide bonds. The molecule has 0 radical (unpaired) electrons. The number of anilines is 3. The number of piperazine rings is 1. The minimum Gasteiger partial charge on any atom is -0.467 e. The summed E-state index contributed by atoms with van der Waals surface area (Å²) in [5, 5.41) is 1.11. The first kappa shape index (κ1) is 26.4. The van der Waals surface area contributed by atoms with Crippen LogP contribution in [0.15, 0.2) is 18.5 Å². The Morgan fingerprint density at radius 1 is 0.974 bits per heavy atom. The van der Waals surface area contributed by atoms with E-state index in [0.717, 1.165) is 78.2 Å². The van der Waals surface area contributed by atoms with Crippen molar-refractivity contribution in [1.29, 1.82) is 0 Å². The van der Waals surface area contributed by atoms with Gasteiger partial charge >= 0.3 is 5.97 Å². The molecule has 9 heteroatoms. The maximum absolute atomic E-state index is 13.1. The molecule has 2 aromatic heterocycles. The van der Waals surface area contributed by atoms with Gasteiger partial charge in [-0.25, -0.2) is 14.8 Å². The monoisotopic (exact) mass is 520 g/mol. The molecule has 0 saturated carbocycles. The predicted octanol–water partition coefficient (Wildman–Crippen LogP) is 4.29. The number of aromatic nitrogens is 3. The molecule has 1 fully saturated rings. The van der Waals surface area contributed by atoms with E-state index in [1.54, 1.807) is 0 Å². The van der Waals surface area contributed by atoms with Gasteiger partial charge in [-0.2, -0.15) is 0 Å². The molecule has 0 bridgehead atoms. The topological polar surface area (TPSA) is 76.0 Å². The van der Waals surface area contributed by atoms with Crippen LogP contribution < -0.4 is 9.80 Å². The van der Waals surface area contributed by atoms with Crippen LogP contribution in [0.3, 0.4) is 0 Å². The minimum atomic E-state index is -0.839. The number of benzene rings is 1. The lowest BCUT2D eigenvalue weighted by Gasteiger charge is -2.35. The highest BCUT2D eigenvalue weighted by Gasteiger charge is 2.36. The van der Waals surface area contributed by atoms with Crippen molar-refractivity contribution in [2.75, 3.05) is 56.7 Å². The number of nitrogens with zero attached hydrogens (tertiary/aromatic N) is 6. The van der Waals surface area contributed by atoms with Crippen molar-refractivity contribution in [2.45, 2.75) is 59.8 Å². The van der Waals surface area contributed by atoms with Crippen molar-refractivity contribution < 1.29 is 14.3 Å². The van der Waals surface area contributed by atoms with Gasteiger partial charge in [-0.1, -0.05) is 0 Å². The lowest BCUT2D eigenvalue weighted by Crippen LogP contribution is -2.44. The number of carbonyl (C=O) groups excluding carboxylic acids is 1. The molecule has 0 unspecified atom stereocenters.